The van der Waals surface area contributed by atoms with E-state index >= 15 is 0 Å². The van der Waals surface area contributed by atoms with Crippen LogP contribution in [0.4, 0.5) is 5.00 Å². The molecule has 0 saturated heterocycles. The highest BCUT2D eigenvalue weighted by Crippen LogP contribution is 2.29. The molecule has 4 heteroatoms. The summed E-state index contributed by atoms with van der Waals surface area (Å²) in [5, 5.41) is 17.8. The maximum atomic E-state index is 8.71. The molecule has 1 rings (SSSR count). The number of anilines is 1. The first-order valence-electron chi connectivity index (χ1n) is 3.45. The van der Waals surface area contributed by atoms with Gasteiger partial charge in [0.1, 0.15) is 22.0 Å². The molecule has 60 valence electrons. The molecule has 1 heterocycles. The number of hydrogen-bond acceptors (Lipinski definition) is 4. The molecule has 1 aromatic rings. The van der Waals surface area contributed by atoms with Crippen LogP contribution < -0.4 is 5.73 Å². The number of hydrogen-bond donors (Lipinski definition) is 1. The molecule has 0 fully saturated rings. The molecule has 0 aliphatic carbocycles. The number of nitrogens with zero attached hydrogens (tertiary/aromatic N) is 2. The van der Waals surface area contributed by atoms with Gasteiger partial charge in [0.25, 0.3) is 0 Å². The quantitative estimate of drug-likeness (QED) is 0.708. The van der Waals surface area contributed by atoms with Gasteiger partial charge in [0.15, 0.2) is 0 Å². The minimum Gasteiger partial charge on any atom is -0.389 e. The summed E-state index contributed by atoms with van der Waals surface area (Å²) in [6, 6.07) is 4.03. The van der Waals surface area contributed by atoms with E-state index in [-0.39, 0.29) is 0 Å². The Morgan fingerprint density at radius 3 is 2.50 bits per heavy atom. The standard InChI is InChI=1S/C8H7N3S/c1-2-5-6(3-9)8(11)12-7(5)4-10/h2,11H2,1H3. The molecule has 0 aromatic carbocycles. The average Bonchev–Trinajstić information content (AvgIpc) is 2.40. The van der Waals surface area contributed by atoms with Crippen LogP contribution in [0.1, 0.15) is 22.9 Å². The van der Waals surface area contributed by atoms with Crippen molar-refractivity contribution in [3.63, 3.8) is 0 Å². The van der Waals surface area contributed by atoms with Crippen molar-refractivity contribution < 1.29 is 0 Å². The zero-order chi connectivity index (χ0) is 9.14. The summed E-state index contributed by atoms with van der Waals surface area (Å²) in [5.74, 6) is 0. The van der Waals surface area contributed by atoms with E-state index in [4.69, 9.17) is 16.3 Å². The molecule has 0 radical (unpaired) electrons. The Hall–Kier alpha value is -1.52. The Morgan fingerprint density at radius 2 is 2.08 bits per heavy atom. The highest BCUT2D eigenvalue weighted by Gasteiger charge is 2.13. The SMILES string of the molecule is CCc1c(C#N)sc(N)c1C#N. The van der Waals surface area contributed by atoms with Crippen LogP contribution in [0.5, 0.6) is 0 Å². The molecule has 0 amide bonds. The number of thiophene rings is 1. The minimum absolute atomic E-state index is 0.450. The summed E-state index contributed by atoms with van der Waals surface area (Å²) in [6.07, 6.45) is 0.680. The Kier molecular flexibility index (Phi) is 2.32. The Morgan fingerprint density at radius 1 is 1.42 bits per heavy atom. The van der Waals surface area contributed by atoms with Crippen molar-refractivity contribution in [3.8, 4) is 12.1 Å². The van der Waals surface area contributed by atoms with Crippen LogP contribution >= 0.6 is 11.3 Å². The van der Waals surface area contributed by atoms with Crippen molar-refractivity contribution in [2.24, 2.45) is 0 Å². The molecule has 0 bridgehead atoms. The molecular weight excluding hydrogens is 170 g/mol. The maximum Gasteiger partial charge on any atom is 0.111 e. The Bertz CT molecular complexity index is 378. The third kappa shape index (κ3) is 1.13. The first-order valence-corrected chi connectivity index (χ1v) is 4.27. The molecule has 0 spiro atoms. The van der Waals surface area contributed by atoms with Crippen LogP contribution in [0.2, 0.25) is 0 Å². The van der Waals surface area contributed by atoms with E-state index in [1.165, 1.54) is 11.3 Å². The van der Waals surface area contributed by atoms with Crippen LogP contribution in [0, 0.1) is 22.7 Å². The van der Waals surface area contributed by atoms with E-state index in [0.717, 1.165) is 5.56 Å². The number of nitrogens with two attached hydrogens (primary N) is 1. The normalized spacial score (nSPS) is 8.92. The predicted octanol–water partition coefficient (Wildman–Crippen LogP) is 1.64. The second kappa shape index (κ2) is 3.25. The van der Waals surface area contributed by atoms with Crippen LogP contribution in [-0.2, 0) is 6.42 Å². The molecule has 2 N–H and O–H groups in total. The third-order valence-electron chi connectivity index (χ3n) is 1.60. The zero-order valence-electron chi connectivity index (χ0n) is 6.59. The summed E-state index contributed by atoms with van der Waals surface area (Å²) >= 11 is 1.18. The highest BCUT2D eigenvalue weighted by molar-refractivity contribution is 7.16. The van der Waals surface area contributed by atoms with Gasteiger partial charge in [0, 0.05) is 5.56 Å². The fourth-order valence-electron chi connectivity index (χ4n) is 1.04. The summed E-state index contributed by atoms with van der Waals surface area (Å²) in [7, 11) is 0. The number of rotatable bonds is 1. The molecule has 0 atom stereocenters. The largest absolute Gasteiger partial charge is 0.389 e. The van der Waals surface area contributed by atoms with Crippen LogP contribution in [-0.4, -0.2) is 0 Å². The minimum atomic E-state index is 0.450. The van der Waals surface area contributed by atoms with Crippen molar-refractivity contribution >= 4 is 16.3 Å². The van der Waals surface area contributed by atoms with E-state index in [1.54, 1.807) is 0 Å². The highest BCUT2D eigenvalue weighted by atomic mass is 32.1. The van der Waals surface area contributed by atoms with E-state index < -0.39 is 0 Å². The first-order chi connectivity index (χ1) is 5.74. The van der Waals surface area contributed by atoms with Gasteiger partial charge in [-0.3, -0.25) is 0 Å². The zero-order valence-corrected chi connectivity index (χ0v) is 7.40. The Labute approximate surface area is 74.7 Å². The topological polar surface area (TPSA) is 73.6 Å². The van der Waals surface area contributed by atoms with Crippen molar-refractivity contribution in [2.45, 2.75) is 13.3 Å². The van der Waals surface area contributed by atoms with E-state index in [9.17, 15) is 0 Å². The first kappa shape index (κ1) is 8.58. The number of nitrogen functional groups attached to an aromatic ring is 1. The third-order valence-corrected chi connectivity index (χ3v) is 2.57. The van der Waals surface area contributed by atoms with Gasteiger partial charge in [-0.05, 0) is 6.42 Å². The molecule has 0 aliphatic heterocycles. The predicted molar refractivity (Wildman–Crippen MR) is 47.5 cm³/mol. The van der Waals surface area contributed by atoms with Crippen molar-refractivity contribution in [1.82, 2.24) is 0 Å². The second-order valence-electron chi connectivity index (χ2n) is 2.23. The molecule has 1 aromatic heterocycles. The summed E-state index contributed by atoms with van der Waals surface area (Å²) in [4.78, 5) is 0.562. The van der Waals surface area contributed by atoms with Gasteiger partial charge in [-0.15, -0.1) is 11.3 Å². The summed E-state index contributed by atoms with van der Waals surface area (Å²) in [6.45, 7) is 1.91. The monoisotopic (exact) mass is 177 g/mol. The van der Waals surface area contributed by atoms with E-state index in [2.05, 4.69) is 0 Å². The summed E-state index contributed by atoms with van der Waals surface area (Å²) in [5.41, 5.74) is 6.80. The van der Waals surface area contributed by atoms with E-state index in [1.807, 2.05) is 19.1 Å². The lowest BCUT2D eigenvalue weighted by Crippen LogP contribution is -1.87. The van der Waals surface area contributed by atoms with Gasteiger partial charge in [-0.25, -0.2) is 0 Å². The average molecular weight is 177 g/mol. The maximum absolute atomic E-state index is 8.71. The van der Waals surface area contributed by atoms with Crippen LogP contribution in [0.15, 0.2) is 0 Å². The van der Waals surface area contributed by atoms with Crippen molar-refractivity contribution in [3.05, 3.63) is 16.0 Å². The van der Waals surface area contributed by atoms with Gasteiger partial charge in [-0.1, -0.05) is 6.92 Å². The van der Waals surface area contributed by atoms with Gasteiger partial charge in [0.05, 0.1) is 5.56 Å². The smallest absolute Gasteiger partial charge is 0.111 e. The fourth-order valence-corrected chi connectivity index (χ4v) is 1.94. The molecular formula is C8H7N3S. The molecule has 0 unspecified atom stereocenters. The second-order valence-corrected chi connectivity index (χ2v) is 3.28. The van der Waals surface area contributed by atoms with Gasteiger partial charge in [-0.2, -0.15) is 10.5 Å². The van der Waals surface area contributed by atoms with Crippen LogP contribution in [0.3, 0.4) is 0 Å². The van der Waals surface area contributed by atoms with Gasteiger partial charge < -0.3 is 5.73 Å². The fraction of sp³-hybridized carbons (Fsp3) is 0.250. The molecule has 0 aliphatic rings. The number of nitriles is 2. The van der Waals surface area contributed by atoms with Crippen molar-refractivity contribution in [2.75, 3.05) is 5.73 Å². The summed E-state index contributed by atoms with van der Waals surface area (Å²) < 4.78 is 0. The van der Waals surface area contributed by atoms with Gasteiger partial charge >= 0.3 is 0 Å². The molecule has 0 saturated carbocycles. The van der Waals surface area contributed by atoms with E-state index in [0.29, 0.717) is 21.9 Å². The van der Waals surface area contributed by atoms with Gasteiger partial charge in [0.2, 0.25) is 0 Å². The molecule has 3 nitrogen and oxygen atoms in total. The molecule has 12 heavy (non-hydrogen) atoms. The lowest BCUT2D eigenvalue weighted by Gasteiger charge is -1.90. The van der Waals surface area contributed by atoms with Crippen molar-refractivity contribution in [1.29, 1.82) is 10.5 Å². The lowest BCUT2D eigenvalue weighted by molar-refractivity contribution is 1.14. The Balaban J connectivity index is 3.41. The lowest BCUT2D eigenvalue weighted by atomic mass is 10.1. The van der Waals surface area contributed by atoms with Crippen LogP contribution in [0.25, 0.3) is 0 Å².